The van der Waals surface area contributed by atoms with E-state index in [0.29, 0.717) is 0 Å². The topological polar surface area (TPSA) is 77.3 Å². The molecule has 0 saturated carbocycles. The summed E-state index contributed by atoms with van der Waals surface area (Å²) in [6, 6.07) is 33.7. The summed E-state index contributed by atoms with van der Waals surface area (Å²) in [6.07, 6.45) is 21.1. The maximum atomic E-state index is 4.92. The molecule has 0 bridgehead atoms. The zero-order valence-corrected chi connectivity index (χ0v) is 33.3. The molecule has 0 aliphatic rings. The van der Waals surface area contributed by atoms with Crippen LogP contribution in [-0.4, -0.2) is 29.9 Å². The van der Waals surface area contributed by atoms with Crippen molar-refractivity contribution >= 4 is 11.3 Å². The Morgan fingerprint density at radius 1 is 0.421 bits per heavy atom. The standard InChI is InChI=1S/C50H46N6S/c1-2-3-4-5-6-7-8-9-10-11-20-40-37-41(27-25-38-33-46(42-21-12-16-29-51-42)55-47(34-38)43-22-13-17-30-52-43)57-50(40)28-26-39-35-48(44-23-14-18-31-53-44)56-49(36-39)45-24-15-19-32-54-45/h12-19,21-24,29-37H,2-11,20H2,1H3. The Morgan fingerprint density at radius 2 is 0.825 bits per heavy atom. The van der Waals surface area contributed by atoms with Crippen molar-refractivity contribution in [2.75, 3.05) is 0 Å². The number of rotatable bonds is 15. The van der Waals surface area contributed by atoms with Gasteiger partial charge in [-0.2, -0.15) is 0 Å². The van der Waals surface area contributed by atoms with Gasteiger partial charge >= 0.3 is 0 Å². The minimum atomic E-state index is 0.759. The normalized spacial score (nSPS) is 10.7. The minimum absolute atomic E-state index is 0.759. The fourth-order valence-electron chi connectivity index (χ4n) is 6.63. The molecule has 282 valence electrons. The summed E-state index contributed by atoms with van der Waals surface area (Å²) < 4.78 is 0. The molecule has 0 fully saturated rings. The number of hydrogen-bond donors (Lipinski definition) is 0. The predicted molar refractivity (Wildman–Crippen MR) is 233 cm³/mol. The van der Waals surface area contributed by atoms with E-state index >= 15 is 0 Å². The molecule has 6 nitrogen and oxygen atoms in total. The quantitative estimate of drug-likeness (QED) is 0.0764. The Morgan fingerprint density at radius 3 is 1.23 bits per heavy atom. The van der Waals surface area contributed by atoms with Crippen LogP contribution in [0.2, 0.25) is 0 Å². The Bertz CT molecular complexity index is 2340. The maximum absolute atomic E-state index is 4.92. The Labute approximate surface area is 341 Å². The molecule has 57 heavy (non-hydrogen) atoms. The molecule has 0 amide bonds. The fraction of sp³-hybridized carbons (Fsp3) is 0.240. The molecule has 7 rings (SSSR count). The first-order chi connectivity index (χ1) is 28.2. The molecule has 0 aliphatic heterocycles. The molecule has 0 N–H and O–H groups in total. The molecule has 0 atom stereocenters. The van der Waals surface area contributed by atoms with Gasteiger partial charge in [-0.15, -0.1) is 11.3 Å². The third-order valence-electron chi connectivity index (χ3n) is 9.62. The lowest BCUT2D eigenvalue weighted by Crippen LogP contribution is -1.94. The Hall–Kier alpha value is -6.28. The van der Waals surface area contributed by atoms with Crippen LogP contribution in [0.15, 0.2) is 128 Å². The summed E-state index contributed by atoms with van der Waals surface area (Å²) in [5.41, 5.74) is 9.17. The zero-order valence-electron chi connectivity index (χ0n) is 32.5. The highest BCUT2D eigenvalue weighted by Crippen LogP contribution is 2.27. The maximum Gasteiger partial charge on any atom is 0.0906 e. The summed E-state index contributed by atoms with van der Waals surface area (Å²) in [5.74, 6) is 14.0. The van der Waals surface area contributed by atoms with E-state index in [1.807, 2.05) is 97.1 Å². The molecule has 0 spiro atoms. The van der Waals surface area contributed by atoms with Crippen molar-refractivity contribution in [1.29, 1.82) is 0 Å². The van der Waals surface area contributed by atoms with E-state index in [1.54, 1.807) is 36.1 Å². The molecule has 7 aromatic heterocycles. The molecular weight excluding hydrogens is 717 g/mol. The average molecular weight is 763 g/mol. The smallest absolute Gasteiger partial charge is 0.0906 e. The number of unbranched alkanes of at least 4 members (excludes halogenated alkanes) is 9. The summed E-state index contributed by atoms with van der Waals surface area (Å²) in [4.78, 5) is 30.1. The Balaban J connectivity index is 1.18. The molecular formula is C50H46N6S. The van der Waals surface area contributed by atoms with Gasteiger partial charge in [-0.05, 0) is 97.3 Å². The molecule has 0 aliphatic carbocycles. The lowest BCUT2D eigenvalue weighted by molar-refractivity contribution is 0.556. The van der Waals surface area contributed by atoms with Gasteiger partial charge in [0.2, 0.25) is 0 Å². The molecule has 0 radical (unpaired) electrons. The van der Waals surface area contributed by atoms with Crippen molar-refractivity contribution in [3.8, 4) is 69.2 Å². The third-order valence-corrected chi connectivity index (χ3v) is 10.6. The van der Waals surface area contributed by atoms with Gasteiger partial charge in [-0.25, -0.2) is 9.97 Å². The average Bonchev–Trinajstić information content (AvgIpc) is 3.68. The van der Waals surface area contributed by atoms with Crippen LogP contribution < -0.4 is 0 Å². The van der Waals surface area contributed by atoms with E-state index in [0.717, 1.165) is 79.3 Å². The van der Waals surface area contributed by atoms with Crippen LogP contribution >= 0.6 is 11.3 Å². The molecule has 7 heterocycles. The number of pyridine rings is 6. The monoisotopic (exact) mass is 762 g/mol. The largest absolute Gasteiger partial charge is 0.255 e. The first kappa shape index (κ1) is 39.0. The van der Waals surface area contributed by atoms with Crippen molar-refractivity contribution in [3.63, 3.8) is 0 Å². The van der Waals surface area contributed by atoms with Crippen LogP contribution in [0.4, 0.5) is 0 Å². The summed E-state index contributed by atoms with van der Waals surface area (Å²) in [5, 5.41) is 0. The summed E-state index contributed by atoms with van der Waals surface area (Å²) >= 11 is 1.65. The van der Waals surface area contributed by atoms with Crippen LogP contribution in [0.1, 0.15) is 97.6 Å². The zero-order chi connectivity index (χ0) is 38.9. The summed E-state index contributed by atoms with van der Waals surface area (Å²) in [6.45, 7) is 2.28. The third kappa shape index (κ3) is 11.4. The minimum Gasteiger partial charge on any atom is -0.255 e. The molecule has 0 unspecified atom stereocenters. The van der Waals surface area contributed by atoms with Crippen LogP contribution in [0.5, 0.6) is 0 Å². The van der Waals surface area contributed by atoms with Crippen LogP contribution in [0, 0.1) is 23.7 Å². The van der Waals surface area contributed by atoms with Crippen molar-refractivity contribution in [2.45, 2.75) is 77.6 Å². The second kappa shape index (κ2) is 20.6. The van der Waals surface area contributed by atoms with Crippen molar-refractivity contribution in [1.82, 2.24) is 29.9 Å². The van der Waals surface area contributed by atoms with E-state index in [4.69, 9.17) is 9.97 Å². The highest BCUT2D eigenvalue weighted by atomic mass is 32.1. The fourth-order valence-corrected chi connectivity index (χ4v) is 7.55. The van der Waals surface area contributed by atoms with E-state index < -0.39 is 0 Å². The van der Waals surface area contributed by atoms with Crippen molar-refractivity contribution in [2.24, 2.45) is 0 Å². The Kier molecular flexibility index (Phi) is 14.1. The molecule has 0 aromatic carbocycles. The second-order valence-electron chi connectivity index (χ2n) is 14.0. The van der Waals surface area contributed by atoms with Gasteiger partial charge < -0.3 is 0 Å². The second-order valence-corrected chi connectivity index (χ2v) is 15.1. The van der Waals surface area contributed by atoms with Gasteiger partial charge in [-0.3, -0.25) is 19.9 Å². The predicted octanol–water partition coefficient (Wildman–Crippen LogP) is 12.0. The SMILES string of the molecule is CCCCCCCCCCCCc1cc(C#Cc2cc(-c3ccccn3)nc(-c3ccccn3)c2)sc1C#Cc1cc(-c2ccccn2)nc(-c2ccccn2)c1. The molecule has 0 saturated heterocycles. The van der Waals surface area contributed by atoms with Gasteiger partial charge in [0.15, 0.2) is 0 Å². The lowest BCUT2D eigenvalue weighted by atomic mass is 10.0. The molecule has 7 aromatic rings. The highest BCUT2D eigenvalue weighted by molar-refractivity contribution is 7.13. The first-order valence-corrected chi connectivity index (χ1v) is 20.9. The molecule has 7 heteroatoms. The number of thiophene rings is 1. The van der Waals surface area contributed by atoms with E-state index in [1.165, 1.54) is 63.4 Å². The van der Waals surface area contributed by atoms with Crippen LogP contribution in [0.3, 0.4) is 0 Å². The van der Waals surface area contributed by atoms with Gasteiger partial charge in [-0.1, -0.05) is 113 Å². The number of nitrogens with zero attached hydrogens (tertiary/aromatic N) is 6. The van der Waals surface area contributed by atoms with Gasteiger partial charge in [0.25, 0.3) is 0 Å². The first-order valence-electron chi connectivity index (χ1n) is 20.1. The van der Waals surface area contributed by atoms with Gasteiger partial charge in [0, 0.05) is 35.9 Å². The number of aromatic nitrogens is 6. The van der Waals surface area contributed by atoms with Crippen LogP contribution in [-0.2, 0) is 6.42 Å². The lowest BCUT2D eigenvalue weighted by Gasteiger charge is -2.06. The van der Waals surface area contributed by atoms with Crippen molar-refractivity contribution in [3.05, 3.63) is 154 Å². The van der Waals surface area contributed by atoms with Gasteiger partial charge in [0.1, 0.15) is 0 Å². The highest BCUT2D eigenvalue weighted by Gasteiger charge is 2.11. The number of hydrogen-bond acceptors (Lipinski definition) is 7. The summed E-state index contributed by atoms with van der Waals surface area (Å²) in [7, 11) is 0. The number of aryl methyl sites for hydroxylation is 1. The van der Waals surface area contributed by atoms with Crippen LogP contribution in [0.25, 0.3) is 45.6 Å². The van der Waals surface area contributed by atoms with E-state index in [9.17, 15) is 0 Å². The van der Waals surface area contributed by atoms with E-state index in [-0.39, 0.29) is 0 Å². The van der Waals surface area contributed by atoms with Crippen molar-refractivity contribution < 1.29 is 0 Å². The van der Waals surface area contributed by atoms with Gasteiger partial charge in [0.05, 0.1) is 55.3 Å². The van der Waals surface area contributed by atoms with E-state index in [2.05, 4.69) is 56.6 Å².